The van der Waals surface area contributed by atoms with Gasteiger partial charge in [0.2, 0.25) is 0 Å². The first-order valence-corrected chi connectivity index (χ1v) is 29.3. The van der Waals surface area contributed by atoms with Crippen LogP contribution in [0.15, 0.2) is 165 Å². The molecule has 12 nitrogen and oxygen atoms in total. The van der Waals surface area contributed by atoms with Gasteiger partial charge < -0.3 is 18.3 Å². The van der Waals surface area contributed by atoms with E-state index in [1.54, 1.807) is 53.7 Å². The van der Waals surface area contributed by atoms with Gasteiger partial charge in [-0.3, -0.25) is 39.3 Å². The van der Waals surface area contributed by atoms with Gasteiger partial charge in [0.25, 0.3) is 0 Å². The van der Waals surface area contributed by atoms with E-state index in [1.165, 1.54) is 65.2 Å². The zero-order valence-electron chi connectivity index (χ0n) is 91.2. The molecule has 4 heterocycles. The molecule has 0 aliphatic carbocycles. The van der Waals surface area contributed by atoms with Crippen molar-refractivity contribution in [1.29, 1.82) is 0 Å². The summed E-state index contributed by atoms with van der Waals surface area (Å²) in [6, 6.07) is 38.1. The molecule has 0 fully saturated rings. The van der Waals surface area contributed by atoms with Crippen molar-refractivity contribution < 1.29 is 130 Å². The van der Waals surface area contributed by atoms with Crippen LogP contribution in [0.4, 0.5) is 22.7 Å². The molecule has 12 rings (SSSR count). The molecule has 0 spiro atoms. The van der Waals surface area contributed by atoms with E-state index in [-0.39, 0.29) is 206 Å². The molecule has 8 aromatic carbocycles. The molecule has 0 bridgehead atoms. The van der Waals surface area contributed by atoms with E-state index < -0.39 is 115 Å². The molecule has 522 valence electrons. The second kappa shape index (κ2) is 37.2. The third-order valence-electron chi connectivity index (χ3n) is 14.7. The van der Waals surface area contributed by atoms with Gasteiger partial charge in [0.15, 0.2) is 0 Å². The van der Waals surface area contributed by atoms with Crippen LogP contribution in [0.5, 0.6) is 0 Å². The van der Waals surface area contributed by atoms with Crippen LogP contribution in [0.3, 0.4) is 0 Å². The molecule has 16 heteroatoms. The average molecular weight is 2080 g/mol. The number of aromatic nitrogens is 8. The van der Waals surface area contributed by atoms with E-state index in [0.29, 0.717) is 45.0 Å². The Kier molecular flexibility index (Phi) is 16.1. The number of hydrogen-bond donors (Lipinski definition) is 0. The summed E-state index contributed by atoms with van der Waals surface area (Å²) in [5.41, 5.74) is 1.11. The zero-order valence-corrected chi connectivity index (χ0v) is 64.8. The molecule has 0 aliphatic rings. The number of nitrogens with zero attached hydrogens (tertiary/aromatic N) is 12. The molecule has 0 amide bonds. The topological polar surface area (TPSA) is 88.7 Å². The van der Waals surface area contributed by atoms with E-state index in [1.807, 2.05) is 25.1 Å². The fourth-order valence-corrected chi connectivity index (χ4v) is 10.2. The molecule has 12 aromatic rings. The van der Waals surface area contributed by atoms with Crippen molar-refractivity contribution in [3.05, 3.63) is 307 Å². The minimum absolute atomic E-state index is 0. The van der Waals surface area contributed by atoms with Crippen LogP contribution in [0.1, 0.15) is 200 Å². The Morgan fingerprint density at radius 3 is 1.00 bits per heavy atom. The van der Waals surface area contributed by atoms with Crippen molar-refractivity contribution in [3.63, 3.8) is 0 Å². The standard InChI is InChI=1S/2C23H24N3.C20H18N3.C19H16N3.4Ir/c2*1-15(2)19-8-7-9-20(16(3)4)22(19)26-13-12-25-23(26)18-11-10-17(5)21(14-18)24-6;1-13-10-15(3)19(16(4)11-13)23-9-8-22-20(23)17-7-6-14(2)18(12-17)21-5;1-13-10-14(2)18(15(3)11-13)22-9-8-21-19(22)16-6-5-7-17(12-16)20-4;;;;/h2*7-10,12-16H,1-5H3;6,8-12H,1-4H3;5,7-12H,1-3H3;;;;/q4*-1;;;;/i1D3,3D3,5D3,12D,13D,15D,16D;12D,13D,15D,16D;2D3,3D3,4D3,8D,9D;2D3,3D3,8D,9D;;;;. The molecule has 0 saturated heterocycles. The zero-order chi connectivity index (χ0) is 101. The summed E-state index contributed by atoms with van der Waals surface area (Å²) < 4.78 is 295. The minimum Gasteiger partial charge on any atom is -0.340 e. The molecule has 2 unspecified atom stereocenters. The van der Waals surface area contributed by atoms with Crippen molar-refractivity contribution in [2.24, 2.45) is 0 Å². The summed E-state index contributed by atoms with van der Waals surface area (Å²) >= 11 is 0. The number of benzene rings is 8. The quantitative estimate of drug-likeness (QED) is 0.114. The Labute approximate surface area is 703 Å². The molecule has 101 heavy (non-hydrogen) atoms. The second-order valence-corrected chi connectivity index (χ2v) is 22.2. The summed E-state index contributed by atoms with van der Waals surface area (Å²) in [6.07, 6.45) is -3.64. The molecular weight excluding hydrogens is 1960 g/mol. The van der Waals surface area contributed by atoms with Gasteiger partial charge in [0, 0.05) is 191 Å². The fraction of sp³-hybridized carbons (Fsp3) is 0.247. The predicted octanol–water partition coefficient (Wildman–Crippen LogP) is 22.8. The predicted molar refractivity (Wildman–Crippen MR) is 395 cm³/mol. The van der Waals surface area contributed by atoms with Crippen LogP contribution in [0.25, 0.3) is 87.7 Å². The Morgan fingerprint density at radius 2 is 0.693 bits per heavy atom. The third-order valence-corrected chi connectivity index (χ3v) is 14.7. The molecule has 0 N–H and O–H groups in total. The Hall–Kier alpha value is -8.84. The van der Waals surface area contributed by atoms with Gasteiger partial charge in [-0.05, 0) is 109 Å². The Morgan fingerprint density at radius 1 is 0.386 bits per heavy atom. The fourth-order valence-electron chi connectivity index (χ4n) is 10.2. The summed E-state index contributed by atoms with van der Waals surface area (Å²) in [4.78, 5) is 29.8. The minimum atomic E-state index is -2.93. The smallest absolute Gasteiger partial charge is 0.111 e. The maximum absolute atomic E-state index is 8.76. The second-order valence-electron chi connectivity index (χ2n) is 22.2. The SMILES string of the molecule is [2H]c1nc(-c2[c-]cc(C([2H])([2H])[2H])c([N+]#[C-])c2)n(-c2c(C([2H])(C)C([2H])([2H])[2H])cccc2C([2H])(C)C([2H])([2H])[2H])c1[2H].[2H]c1nc(-c2[c-]cc(C([2H])([2H])[2H])c([N+]#[C-])c2)n(-c2c(C([2H])([2H])[2H])cc(C)cc2C([2H])([2H])[2H])c1[2H].[2H]c1nc(-c2[c-]cc(C)c([N+]#[C-])c2)n(-c2c(C([2H])(C)C)cccc2C([2H])(C)C)c1[2H].[2H]c1nc(-c2[c-]ccc([N+]#[C-])c2)n(-c2c(C([2H])([2H])[2H])cc(C)cc2C([2H])([2H])[2H])c1[2H].[Ir].[Ir].[Ir].[Ir]. The monoisotopic (exact) mass is 2080 g/mol. The van der Waals surface area contributed by atoms with E-state index >= 15 is 0 Å². The van der Waals surface area contributed by atoms with Crippen LogP contribution < -0.4 is 0 Å². The Balaban J connectivity index is 0.000000321. The van der Waals surface area contributed by atoms with Crippen molar-refractivity contribution >= 4 is 22.7 Å². The summed E-state index contributed by atoms with van der Waals surface area (Å²) in [6.45, 7) is 21.5. The van der Waals surface area contributed by atoms with Gasteiger partial charge in [0.1, 0.15) is 22.7 Å². The molecule has 0 saturated carbocycles. The number of hydrogen-bond acceptors (Lipinski definition) is 4. The van der Waals surface area contributed by atoms with E-state index in [0.717, 1.165) is 57.4 Å². The van der Waals surface area contributed by atoms with Crippen LogP contribution >= 0.6 is 0 Å². The van der Waals surface area contributed by atoms with Crippen LogP contribution in [0.2, 0.25) is 0 Å². The molecule has 0 aliphatic heterocycles. The average Bonchev–Trinajstić information content (AvgIpc) is 1.67. The van der Waals surface area contributed by atoms with Gasteiger partial charge in [-0.25, -0.2) is 0 Å². The normalized spacial score (nSPS) is 18.0. The first-order chi connectivity index (χ1) is 60.7. The summed E-state index contributed by atoms with van der Waals surface area (Å²) in [7, 11) is 0. The number of imidazole rings is 4. The van der Waals surface area contributed by atoms with Crippen LogP contribution in [-0.4, -0.2) is 38.2 Å². The van der Waals surface area contributed by atoms with Gasteiger partial charge in [-0.1, -0.05) is 148 Å². The van der Waals surface area contributed by atoms with Crippen molar-refractivity contribution in [1.82, 2.24) is 38.2 Å². The maximum Gasteiger partial charge on any atom is 0.111 e. The molecule has 4 radical (unpaired) electrons. The summed E-state index contributed by atoms with van der Waals surface area (Å²) in [5, 5.41) is 0. The van der Waals surface area contributed by atoms with Gasteiger partial charge in [0.05, 0.1) is 60.6 Å². The van der Waals surface area contributed by atoms with Crippen LogP contribution in [0, 0.1) is 112 Å². The maximum atomic E-state index is 8.76. The van der Waals surface area contributed by atoms with Crippen molar-refractivity contribution in [2.75, 3.05) is 0 Å². The van der Waals surface area contributed by atoms with E-state index in [4.69, 9.17) is 75.6 Å². The first kappa shape index (κ1) is 43.8. The number of aryl methyl sites for hydroxylation is 9. The van der Waals surface area contributed by atoms with E-state index in [9.17, 15) is 0 Å². The van der Waals surface area contributed by atoms with Gasteiger partial charge in [-0.2, -0.15) is 24.3 Å². The van der Waals surface area contributed by atoms with Gasteiger partial charge >= 0.3 is 0 Å². The largest absolute Gasteiger partial charge is 0.340 e. The molecule has 2 atom stereocenters. The first-order valence-electron chi connectivity index (χ1n) is 47.3. The van der Waals surface area contributed by atoms with Crippen molar-refractivity contribution in [2.45, 2.75) is 141 Å². The number of rotatable bonds is 12. The molecule has 4 aromatic heterocycles. The third kappa shape index (κ3) is 18.8. The Bertz CT molecular complexity index is 6550. The van der Waals surface area contributed by atoms with Crippen LogP contribution in [-0.2, 0) is 80.4 Å². The van der Waals surface area contributed by atoms with E-state index in [2.05, 4.69) is 63.6 Å². The van der Waals surface area contributed by atoms with Crippen molar-refractivity contribution in [3.8, 4) is 68.3 Å². The molecular formula is C85H82Ir4N12-4. The number of para-hydroxylation sites is 2. The van der Waals surface area contributed by atoms with Gasteiger partial charge in [-0.15, -0.1) is 93.5 Å². The summed E-state index contributed by atoms with van der Waals surface area (Å²) in [5.74, 6) is -6.93.